The van der Waals surface area contributed by atoms with Crippen LogP contribution in [0, 0.1) is 17.8 Å². The highest BCUT2D eigenvalue weighted by Crippen LogP contribution is 2.54. The fourth-order valence-electron chi connectivity index (χ4n) is 4.67. The summed E-state index contributed by atoms with van der Waals surface area (Å²) >= 11 is 0. The second kappa shape index (κ2) is 4.97. The van der Waals surface area contributed by atoms with E-state index in [1.807, 2.05) is 6.92 Å². The second-order valence-electron chi connectivity index (χ2n) is 6.60. The van der Waals surface area contributed by atoms with Crippen molar-refractivity contribution >= 4 is 5.78 Å². The average Bonchev–Trinajstić information content (AvgIpc) is 2.84. The van der Waals surface area contributed by atoms with Gasteiger partial charge in [-0.25, -0.2) is 0 Å². The summed E-state index contributed by atoms with van der Waals surface area (Å²) in [6.07, 6.45) is -2.09. The quantitative estimate of drug-likeness (QED) is 0.394. The lowest BCUT2D eigenvalue weighted by atomic mass is 9.68. The largest absolute Gasteiger partial charge is 0.391 e. The van der Waals surface area contributed by atoms with Crippen LogP contribution in [-0.4, -0.2) is 71.4 Å². The van der Waals surface area contributed by atoms with Crippen LogP contribution in [0.3, 0.4) is 0 Å². The lowest BCUT2D eigenvalue weighted by Crippen LogP contribution is -2.68. The van der Waals surface area contributed by atoms with Crippen LogP contribution in [0.2, 0.25) is 0 Å². The molecule has 7 heteroatoms. The van der Waals surface area contributed by atoms with Gasteiger partial charge < -0.3 is 30.7 Å². The van der Waals surface area contributed by atoms with E-state index < -0.39 is 48.0 Å². The molecule has 9 atom stereocenters. The van der Waals surface area contributed by atoms with Crippen LogP contribution in [0.4, 0.5) is 0 Å². The maximum atomic E-state index is 12.1. The van der Waals surface area contributed by atoms with Crippen LogP contribution in [0.1, 0.15) is 13.3 Å². The molecule has 0 bridgehead atoms. The van der Waals surface area contributed by atoms with E-state index >= 15 is 0 Å². The molecule has 0 radical (unpaired) electrons. The number of ketones is 1. The number of aliphatic hydroxyl groups is 3. The Morgan fingerprint density at radius 1 is 1.19 bits per heavy atom. The molecule has 0 aromatic carbocycles. The normalized spacial score (nSPS) is 56.4. The van der Waals surface area contributed by atoms with Crippen LogP contribution < -0.4 is 10.6 Å². The Morgan fingerprint density at radius 2 is 1.81 bits per heavy atom. The van der Waals surface area contributed by atoms with Crippen LogP contribution in [0.5, 0.6) is 0 Å². The Balaban J connectivity index is 2.02. The van der Waals surface area contributed by atoms with Crippen molar-refractivity contribution in [3.05, 3.63) is 0 Å². The van der Waals surface area contributed by atoms with Gasteiger partial charge in [0.25, 0.3) is 0 Å². The minimum absolute atomic E-state index is 0.0580. The molecule has 3 aliphatic rings. The predicted molar refractivity (Wildman–Crippen MR) is 73.3 cm³/mol. The van der Waals surface area contributed by atoms with Gasteiger partial charge in [-0.2, -0.15) is 0 Å². The van der Waals surface area contributed by atoms with Gasteiger partial charge >= 0.3 is 0 Å². The second-order valence-corrected chi connectivity index (χ2v) is 6.60. The number of carbonyl (C=O) groups is 1. The molecule has 21 heavy (non-hydrogen) atoms. The molecule has 1 saturated heterocycles. The topological polar surface area (TPSA) is 111 Å². The number of fused-ring (bicyclic) bond motifs is 3. The highest BCUT2D eigenvalue weighted by atomic mass is 16.6. The molecule has 5 N–H and O–H groups in total. The average molecular weight is 300 g/mol. The molecule has 2 aliphatic carbocycles. The first-order valence-corrected chi connectivity index (χ1v) is 7.51. The van der Waals surface area contributed by atoms with E-state index in [-0.39, 0.29) is 18.1 Å². The van der Waals surface area contributed by atoms with Gasteiger partial charge in [0, 0.05) is 18.3 Å². The summed E-state index contributed by atoms with van der Waals surface area (Å²) in [5.41, 5.74) is 0. The first-order valence-electron chi connectivity index (χ1n) is 7.51. The molecule has 3 rings (SSSR count). The molecule has 1 aliphatic heterocycles. The third-order valence-electron chi connectivity index (χ3n) is 5.60. The fraction of sp³-hybridized carbons (Fsp3) is 0.929. The Labute approximate surface area is 123 Å². The van der Waals surface area contributed by atoms with Gasteiger partial charge in [-0.1, -0.05) is 6.92 Å². The number of rotatable bonds is 2. The van der Waals surface area contributed by atoms with E-state index in [0.29, 0.717) is 0 Å². The predicted octanol–water partition coefficient (Wildman–Crippen LogP) is -2.17. The zero-order valence-corrected chi connectivity index (χ0v) is 12.5. The van der Waals surface area contributed by atoms with Gasteiger partial charge in [-0.05, 0) is 20.0 Å². The molecule has 1 heterocycles. The highest BCUT2D eigenvalue weighted by molar-refractivity contribution is 5.89. The Kier molecular flexibility index (Phi) is 3.63. The van der Waals surface area contributed by atoms with E-state index in [1.54, 1.807) is 14.1 Å². The maximum absolute atomic E-state index is 12.1. The number of carbonyl (C=O) groups excluding carboxylic acids is 1. The van der Waals surface area contributed by atoms with Crippen molar-refractivity contribution in [2.75, 3.05) is 14.1 Å². The molecular formula is C14H24N2O5. The number of hydrogen-bond acceptors (Lipinski definition) is 7. The zero-order chi connectivity index (χ0) is 15.5. The van der Waals surface area contributed by atoms with E-state index in [2.05, 4.69) is 10.6 Å². The van der Waals surface area contributed by atoms with E-state index in [9.17, 15) is 20.1 Å². The monoisotopic (exact) mass is 300 g/mol. The Morgan fingerprint density at radius 3 is 2.38 bits per heavy atom. The van der Waals surface area contributed by atoms with Crippen LogP contribution in [-0.2, 0) is 9.53 Å². The fourth-order valence-corrected chi connectivity index (χ4v) is 4.67. The zero-order valence-electron chi connectivity index (χ0n) is 12.5. The number of aliphatic hydroxyl groups excluding tert-OH is 2. The van der Waals surface area contributed by atoms with E-state index in [0.717, 1.165) is 0 Å². The summed E-state index contributed by atoms with van der Waals surface area (Å²) < 4.78 is 5.69. The molecule has 5 unspecified atom stereocenters. The minimum atomic E-state index is -1.83. The third-order valence-corrected chi connectivity index (χ3v) is 5.60. The van der Waals surface area contributed by atoms with Gasteiger partial charge in [0.05, 0.1) is 30.4 Å². The van der Waals surface area contributed by atoms with Crippen LogP contribution in [0.15, 0.2) is 0 Å². The molecule has 2 saturated carbocycles. The number of ether oxygens (including phenoxy) is 1. The van der Waals surface area contributed by atoms with Crippen LogP contribution in [0.25, 0.3) is 0 Å². The van der Waals surface area contributed by atoms with E-state index in [4.69, 9.17) is 4.74 Å². The van der Waals surface area contributed by atoms with Crippen molar-refractivity contribution in [1.29, 1.82) is 0 Å². The highest BCUT2D eigenvalue weighted by Gasteiger charge is 2.69. The summed E-state index contributed by atoms with van der Waals surface area (Å²) in [5.74, 6) is -3.05. The first-order chi connectivity index (χ1) is 9.86. The summed E-state index contributed by atoms with van der Waals surface area (Å²) in [7, 11) is 3.37. The molecule has 0 spiro atoms. The van der Waals surface area contributed by atoms with Gasteiger partial charge in [0.15, 0.2) is 5.78 Å². The molecule has 0 amide bonds. The van der Waals surface area contributed by atoms with Crippen molar-refractivity contribution in [1.82, 2.24) is 10.6 Å². The summed E-state index contributed by atoms with van der Waals surface area (Å²) in [4.78, 5) is 12.1. The molecule has 0 aromatic heterocycles. The number of hydrogen-bond donors (Lipinski definition) is 5. The number of likely N-dealkylation sites (N-methyl/N-ethyl adjacent to an activating group) is 2. The SMILES string of the molecule is CNC1C2OC3(O)C(=O)C[C@@H](C)C3C2[C@@H](O)[C@H](NC)[C@@H]1O. The molecule has 0 aromatic rings. The van der Waals surface area contributed by atoms with Crippen molar-refractivity contribution in [3.8, 4) is 0 Å². The molecule has 7 nitrogen and oxygen atoms in total. The summed E-state index contributed by atoms with van der Waals surface area (Å²) in [5, 5.41) is 37.6. The molecule has 3 fully saturated rings. The summed E-state index contributed by atoms with van der Waals surface area (Å²) in [6.45, 7) is 1.90. The van der Waals surface area contributed by atoms with Crippen molar-refractivity contribution in [2.24, 2.45) is 17.8 Å². The Hall–Kier alpha value is -0.570. The van der Waals surface area contributed by atoms with E-state index in [1.165, 1.54) is 0 Å². The van der Waals surface area contributed by atoms with Gasteiger partial charge in [0.2, 0.25) is 5.79 Å². The maximum Gasteiger partial charge on any atom is 0.230 e. The first kappa shape index (κ1) is 15.3. The van der Waals surface area contributed by atoms with Gasteiger partial charge in [-0.3, -0.25) is 4.79 Å². The lowest BCUT2D eigenvalue weighted by Gasteiger charge is -2.46. The summed E-state index contributed by atoms with van der Waals surface area (Å²) in [6, 6.07) is -0.983. The Bertz CT molecular complexity index is 447. The van der Waals surface area contributed by atoms with Gasteiger partial charge in [-0.15, -0.1) is 0 Å². The number of Topliss-reactive ketones (excluding diaryl/α,β-unsaturated/α-hetero) is 1. The minimum Gasteiger partial charge on any atom is -0.391 e. The standard InChI is InChI=1S/C14H24N2O5/c1-5-4-6(17)14(20)8(5)7-11(18)9(15-2)12(19)10(16-3)13(7)21-14/h5,7-13,15-16,18-20H,4H2,1-3H3/t5-,7?,8?,9+,10?,11-,12+,13?,14?/m1/s1. The van der Waals surface area contributed by atoms with Gasteiger partial charge in [0.1, 0.15) is 0 Å². The number of nitrogens with one attached hydrogen (secondary N) is 2. The smallest absolute Gasteiger partial charge is 0.230 e. The van der Waals surface area contributed by atoms with Crippen molar-refractivity contribution < 1.29 is 24.9 Å². The third kappa shape index (κ3) is 1.85. The van der Waals surface area contributed by atoms with Crippen molar-refractivity contribution in [3.63, 3.8) is 0 Å². The van der Waals surface area contributed by atoms with Crippen LogP contribution >= 0.6 is 0 Å². The van der Waals surface area contributed by atoms with Crippen molar-refractivity contribution in [2.45, 2.75) is 49.5 Å². The molecule has 120 valence electrons. The lowest BCUT2D eigenvalue weighted by molar-refractivity contribution is -0.210. The molecular weight excluding hydrogens is 276 g/mol.